The van der Waals surface area contributed by atoms with Gasteiger partial charge in [0.1, 0.15) is 5.75 Å². The predicted molar refractivity (Wildman–Crippen MR) is 72.1 cm³/mol. The lowest BCUT2D eigenvalue weighted by molar-refractivity contribution is -0.0496. The number of benzene rings is 1. The Bertz CT molecular complexity index is 445. The van der Waals surface area contributed by atoms with E-state index >= 15 is 0 Å². The molecular weight excluding hydrogens is 242 g/mol. The van der Waals surface area contributed by atoms with E-state index in [1.54, 1.807) is 0 Å². The third-order valence-corrected chi connectivity index (χ3v) is 4.48. The van der Waals surface area contributed by atoms with Crippen LogP contribution in [0.3, 0.4) is 0 Å². The Kier molecular flexibility index (Phi) is 3.48. The SMILES string of the molecule is NCC1(C(O)C2CCOC2)COc2ccccc2C1. The van der Waals surface area contributed by atoms with Crippen molar-refractivity contribution in [3.05, 3.63) is 29.8 Å². The molecule has 0 saturated carbocycles. The Labute approximate surface area is 113 Å². The standard InChI is InChI=1S/C15H21NO3/c16-9-15(14(17)12-5-6-18-8-12)7-11-3-1-2-4-13(11)19-10-15/h1-4,12,14,17H,5-10,16H2. The Hall–Kier alpha value is -1.10. The van der Waals surface area contributed by atoms with Gasteiger partial charge >= 0.3 is 0 Å². The molecule has 4 nitrogen and oxygen atoms in total. The minimum Gasteiger partial charge on any atom is -0.493 e. The van der Waals surface area contributed by atoms with Crippen LogP contribution < -0.4 is 10.5 Å². The molecule has 3 N–H and O–H groups in total. The average molecular weight is 263 g/mol. The first-order valence-electron chi connectivity index (χ1n) is 6.92. The van der Waals surface area contributed by atoms with Crippen LogP contribution >= 0.6 is 0 Å². The van der Waals surface area contributed by atoms with Gasteiger partial charge in [0.2, 0.25) is 0 Å². The number of aliphatic hydroxyl groups is 1. The van der Waals surface area contributed by atoms with Crippen molar-refractivity contribution in [2.75, 3.05) is 26.4 Å². The quantitative estimate of drug-likeness (QED) is 0.852. The summed E-state index contributed by atoms with van der Waals surface area (Å²) >= 11 is 0. The lowest BCUT2D eigenvalue weighted by Gasteiger charge is -2.42. The first-order valence-corrected chi connectivity index (χ1v) is 6.92. The van der Waals surface area contributed by atoms with E-state index in [-0.39, 0.29) is 11.3 Å². The molecule has 1 aromatic carbocycles. The number of rotatable bonds is 3. The molecule has 3 unspecified atom stereocenters. The van der Waals surface area contributed by atoms with Crippen LogP contribution in [0, 0.1) is 11.3 Å². The van der Waals surface area contributed by atoms with Crippen LogP contribution in [0.1, 0.15) is 12.0 Å². The van der Waals surface area contributed by atoms with Crippen molar-refractivity contribution in [1.29, 1.82) is 0 Å². The fourth-order valence-corrected chi connectivity index (χ4v) is 3.19. The number of hydrogen-bond acceptors (Lipinski definition) is 4. The van der Waals surface area contributed by atoms with Crippen LogP contribution in [-0.4, -0.2) is 37.6 Å². The largest absolute Gasteiger partial charge is 0.493 e. The van der Waals surface area contributed by atoms with Gasteiger partial charge in [-0.1, -0.05) is 18.2 Å². The summed E-state index contributed by atoms with van der Waals surface area (Å²) in [6, 6.07) is 7.99. The molecule has 0 radical (unpaired) electrons. The number of aliphatic hydroxyl groups excluding tert-OH is 1. The zero-order valence-electron chi connectivity index (χ0n) is 11.0. The number of nitrogens with two attached hydrogens (primary N) is 1. The highest BCUT2D eigenvalue weighted by Crippen LogP contribution is 2.39. The molecule has 2 aliphatic heterocycles. The number of fused-ring (bicyclic) bond motifs is 1. The van der Waals surface area contributed by atoms with Gasteiger partial charge in [-0.3, -0.25) is 0 Å². The van der Waals surface area contributed by atoms with E-state index in [4.69, 9.17) is 15.2 Å². The van der Waals surface area contributed by atoms with Crippen LogP contribution in [0.25, 0.3) is 0 Å². The molecule has 1 saturated heterocycles. The third-order valence-electron chi connectivity index (χ3n) is 4.48. The third kappa shape index (κ3) is 2.24. The van der Waals surface area contributed by atoms with Crippen LogP contribution in [0.4, 0.5) is 0 Å². The maximum absolute atomic E-state index is 10.7. The molecule has 0 aliphatic carbocycles. The molecule has 2 aliphatic rings. The van der Waals surface area contributed by atoms with Gasteiger partial charge < -0.3 is 20.3 Å². The van der Waals surface area contributed by atoms with Gasteiger partial charge in [-0.2, -0.15) is 0 Å². The molecule has 3 rings (SSSR count). The van der Waals surface area contributed by atoms with Crippen molar-refractivity contribution in [3.8, 4) is 5.75 Å². The highest BCUT2D eigenvalue weighted by Gasteiger charge is 2.45. The molecule has 104 valence electrons. The second kappa shape index (κ2) is 5.12. The van der Waals surface area contributed by atoms with E-state index in [1.165, 1.54) is 0 Å². The minimum absolute atomic E-state index is 0.178. The van der Waals surface area contributed by atoms with Gasteiger partial charge in [-0.15, -0.1) is 0 Å². The number of para-hydroxylation sites is 1. The normalized spacial score (nSPS) is 31.6. The fourth-order valence-electron chi connectivity index (χ4n) is 3.19. The van der Waals surface area contributed by atoms with Gasteiger partial charge in [0.25, 0.3) is 0 Å². The maximum Gasteiger partial charge on any atom is 0.122 e. The lowest BCUT2D eigenvalue weighted by Crippen LogP contribution is -2.52. The molecule has 3 atom stereocenters. The van der Waals surface area contributed by atoms with Crippen molar-refractivity contribution in [1.82, 2.24) is 0 Å². The number of hydrogen-bond donors (Lipinski definition) is 2. The van der Waals surface area contributed by atoms with Crippen LogP contribution in [0.15, 0.2) is 24.3 Å². The summed E-state index contributed by atoms with van der Waals surface area (Å²) in [7, 11) is 0. The van der Waals surface area contributed by atoms with Crippen molar-refractivity contribution in [3.63, 3.8) is 0 Å². The summed E-state index contributed by atoms with van der Waals surface area (Å²) in [4.78, 5) is 0. The second-order valence-corrected chi connectivity index (χ2v) is 5.71. The zero-order chi connectivity index (χ0) is 13.3. The Morgan fingerprint density at radius 2 is 2.26 bits per heavy atom. The molecule has 0 aromatic heterocycles. The monoisotopic (exact) mass is 263 g/mol. The van der Waals surface area contributed by atoms with E-state index in [0.29, 0.717) is 19.8 Å². The van der Waals surface area contributed by atoms with E-state index < -0.39 is 6.10 Å². The Morgan fingerprint density at radius 3 is 3.00 bits per heavy atom. The molecule has 0 amide bonds. The molecule has 19 heavy (non-hydrogen) atoms. The summed E-state index contributed by atoms with van der Waals surface area (Å²) < 4.78 is 11.2. The summed E-state index contributed by atoms with van der Waals surface area (Å²) in [6.45, 7) is 2.28. The topological polar surface area (TPSA) is 64.7 Å². The van der Waals surface area contributed by atoms with E-state index in [0.717, 1.165) is 30.8 Å². The molecule has 0 bridgehead atoms. The van der Waals surface area contributed by atoms with Crippen molar-refractivity contribution in [2.45, 2.75) is 18.9 Å². The molecule has 0 spiro atoms. The van der Waals surface area contributed by atoms with Crippen molar-refractivity contribution < 1.29 is 14.6 Å². The molecule has 2 heterocycles. The first-order chi connectivity index (χ1) is 9.25. The smallest absolute Gasteiger partial charge is 0.122 e. The summed E-state index contributed by atoms with van der Waals surface area (Å²) in [6.07, 6.45) is 1.22. The van der Waals surface area contributed by atoms with Crippen LogP contribution in [0.2, 0.25) is 0 Å². The van der Waals surface area contributed by atoms with E-state index in [2.05, 4.69) is 6.07 Å². The summed E-state index contributed by atoms with van der Waals surface area (Å²) in [5, 5.41) is 10.7. The maximum atomic E-state index is 10.7. The van der Waals surface area contributed by atoms with Gasteiger partial charge in [-0.25, -0.2) is 0 Å². The molecule has 1 aromatic rings. The Morgan fingerprint density at radius 1 is 1.42 bits per heavy atom. The van der Waals surface area contributed by atoms with Crippen molar-refractivity contribution in [2.24, 2.45) is 17.1 Å². The average Bonchev–Trinajstić information content (AvgIpc) is 3.00. The lowest BCUT2D eigenvalue weighted by atomic mass is 9.71. The second-order valence-electron chi connectivity index (χ2n) is 5.71. The summed E-state index contributed by atoms with van der Waals surface area (Å²) in [5.41, 5.74) is 6.74. The van der Waals surface area contributed by atoms with Gasteiger partial charge in [0.15, 0.2) is 0 Å². The highest BCUT2D eigenvalue weighted by atomic mass is 16.5. The van der Waals surface area contributed by atoms with Crippen LogP contribution in [-0.2, 0) is 11.2 Å². The predicted octanol–water partition coefficient (Wildman–Crippen LogP) is 0.964. The van der Waals surface area contributed by atoms with E-state index in [9.17, 15) is 5.11 Å². The molecular formula is C15H21NO3. The minimum atomic E-state index is -0.464. The Balaban J connectivity index is 1.84. The first kappa shape index (κ1) is 12.9. The van der Waals surface area contributed by atoms with Crippen LogP contribution in [0.5, 0.6) is 5.75 Å². The van der Waals surface area contributed by atoms with Gasteiger partial charge in [0, 0.05) is 24.5 Å². The summed E-state index contributed by atoms with van der Waals surface area (Å²) in [5.74, 6) is 1.10. The fraction of sp³-hybridized carbons (Fsp3) is 0.600. The molecule has 4 heteroatoms. The van der Waals surface area contributed by atoms with E-state index in [1.807, 2.05) is 18.2 Å². The van der Waals surface area contributed by atoms with Gasteiger partial charge in [0.05, 0.1) is 19.3 Å². The number of ether oxygens (including phenoxy) is 2. The van der Waals surface area contributed by atoms with Gasteiger partial charge in [-0.05, 0) is 24.5 Å². The molecule has 1 fully saturated rings. The van der Waals surface area contributed by atoms with Crippen molar-refractivity contribution >= 4 is 0 Å². The highest BCUT2D eigenvalue weighted by molar-refractivity contribution is 5.36. The zero-order valence-corrected chi connectivity index (χ0v) is 11.0.